The van der Waals surface area contributed by atoms with Crippen molar-refractivity contribution >= 4 is 16.5 Å². The fourth-order valence-corrected chi connectivity index (χ4v) is 5.36. The van der Waals surface area contributed by atoms with E-state index < -0.39 is 16.2 Å². The second-order valence-corrected chi connectivity index (χ2v) is 10.0. The van der Waals surface area contributed by atoms with E-state index in [1.165, 1.54) is 6.07 Å². The molecule has 174 valence electrons. The number of nitrogens with zero attached hydrogens (tertiary/aromatic N) is 1. The van der Waals surface area contributed by atoms with Gasteiger partial charge in [0.1, 0.15) is 0 Å². The molecule has 4 nitrogen and oxygen atoms in total. The number of nitro groups is 1. The molecule has 2 atom stereocenters. The summed E-state index contributed by atoms with van der Waals surface area (Å²) in [4.78, 5) is 12.7. The first-order chi connectivity index (χ1) is 16.9. The molecule has 4 aromatic carbocycles. The van der Waals surface area contributed by atoms with Crippen LogP contribution in [0.5, 0.6) is 0 Å². The molecule has 0 aliphatic heterocycles. The molecule has 0 saturated carbocycles. The molecule has 0 spiro atoms. The van der Waals surface area contributed by atoms with Crippen molar-refractivity contribution in [2.75, 3.05) is 0 Å². The molecule has 1 unspecified atom stereocenters. The van der Waals surface area contributed by atoms with Gasteiger partial charge in [-0.05, 0) is 56.2 Å². The number of benzene rings is 4. The second-order valence-electron chi connectivity index (χ2n) is 8.59. The average molecular weight is 480 g/mol. The van der Waals surface area contributed by atoms with Crippen molar-refractivity contribution in [2.45, 2.75) is 35.5 Å². The largest absolute Gasteiger partial charge is 0.272 e. The summed E-state index contributed by atoms with van der Waals surface area (Å²) in [5.74, 6) is 6.64. The summed E-state index contributed by atoms with van der Waals surface area (Å²) >= 11 is 0. The van der Waals surface area contributed by atoms with Crippen molar-refractivity contribution < 1.29 is 9.13 Å². The minimum absolute atomic E-state index is 0.0531. The molecule has 0 radical (unpaired) electrons. The smallest absolute Gasteiger partial charge is 0.258 e. The maximum atomic E-state index is 13.7. The Morgan fingerprint density at radius 2 is 1.49 bits per heavy atom. The summed E-state index contributed by atoms with van der Waals surface area (Å²) in [5, 5.41) is 11.7. The number of para-hydroxylation sites is 1. The van der Waals surface area contributed by atoms with Gasteiger partial charge in [0.15, 0.2) is 0 Å². The molecule has 0 heterocycles. The van der Waals surface area contributed by atoms with Gasteiger partial charge in [-0.25, -0.2) is 4.21 Å². The van der Waals surface area contributed by atoms with E-state index in [0.29, 0.717) is 21.8 Å². The molecule has 35 heavy (non-hydrogen) atoms. The number of nitro benzene ring substituents is 1. The molecule has 0 N–H and O–H groups in total. The normalized spacial score (nSPS) is 13.2. The Morgan fingerprint density at radius 3 is 2.20 bits per heavy atom. The fraction of sp³-hybridized carbons (Fsp3) is 0.133. The first-order valence-electron chi connectivity index (χ1n) is 11.3. The standard InChI is InChI=1S/C30H25NO3S/c1-23-16-18-26(19-17-23)35(34)29-15-9-7-13-27(29)30(2,21-20-24-10-4-3-5-11-24)22-25-12-6-8-14-28(25)31(32)33/h3-19H,22H2,1-2H3/t30-,35?/m1/s1. The second kappa shape index (κ2) is 10.5. The topological polar surface area (TPSA) is 60.2 Å². The maximum absolute atomic E-state index is 13.7. The number of rotatable bonds is 6. The van der Waals surface area contributed by atoms with Crippen LogP contribution in [0.2, 0.25) is 0 Å². The zero-order valence-electron chi connectivity index (χ0n) is 19.6. The van der Waals surface area contributed by atoms with Gasteiger partial charge in [-0.2, -0.15) is 0 Å². The van der Waals surface area contributed by atoms with Gasteiger partial charge in [-0.1, -0.05) is 84.1 Å². The highest BCUT2D eigenvalue weighted by Gasteiger charge is 2.32. The highest BCUT2D eigenvalue weighted by atomic mass is 32.2. The van der Waals surface area contributed by atoms with Crippen LogP contribution in [0.4, 0.5) is 5.69 Å². The van der Waals surface area contributed by atoms with E-state index in [4.69, 9.17) is 0 Å². The Bertz CT molecular complexity index is 1440. The molecule has 4 aromatic rings. The van der Waals surface area contributed by atoms with Gasteiger partial charge >= 0.3 is 0 Å². The summed E-state index contributed by atoms with van der Waals surface area (Å²) in [7, 11) is -1.43. The van der Waals surface area contributed by atoms with Crippen LogP contribution in [0, 0.1) is 28.9 Å². The van der Waals surface area contributed by atoms with Gasteiger partial charge in [0.25, 0.3) is 5.69 Å². The van der Waals surface area contributed by atoms with Crippen LogP contribution in [0.1, 0.15) is 29.2 Å². The highest BCUT2D eigenvalue weighted by Crippen LogP contribution is 2.36. The van der Waals surface area contributed by atoms with Gasteiger partial charge in [0.2, 0.25) is 0 Å². The lowest BCUT2D eigenvalue weighted by Crippen LogP contribution is -2.25. The van der Waals surface area contributed by atoms with Crippen LogP contribution in [-0.2, 0) is 22.6 Å². The first-order valence-corrected chi connectivity index (χ1v) is 12.4. The van der Waals surface area contributed by atoms with Crippen molar-refractivity contribution in [3.05, 3.63) is 135 Å². The number of hydrogen-bond acceptors (Lipinski definition) is 3. The minimum Gasteiger partial charge on any atom is -0.258 e. The zero-order valence-corrected chi connectivity index (χ0v) is 20.4. The molecule has 0 bridgehead atoms. The third-order valence-corrected chi connectivity index (χ3v) is 7.36. The molecule has 5 heteroatoms. The molecule has 0 amide bonds. The summed E-state index contributed by atoms with van der Waals surface area (Å²) < 4.78 is 13.7. The van der Waals surface area contributed by atoms with Crippen molar-refractivity contribution in [3.63, 3.8) is 0 Å². The third-order valence-electron chi connectivity index (χ3n) is 5.91. The van der Waals surface area contributed by atoms with E-state index in [0.717, 1.165) is 16.7 Å². The molecular weight excluding hydrogens is 454 g/mol. The predicted molar refractivity (Wildman–Crippen MR) is 140 cm³/mol. The highest BCUT2D eigenvalue weighted by molar-refractivity contribution is 7.85. The Hall–Kier alpha value is -4.01. The van der Waals surface area contributed by atoms with Gasteiger partial charge in [0, 0.05) is 27.0 Å². The van der Waals surface area contributed by atoms with Gasteiger partial charge in [0.05, 0.1) is 21.1 Å². The number of aryl methyl sites for hydroxylation is 1. The van der Waals surface area contributed by atoms with E-state index in [2.05, 4.69) is 11.8 Å². The molecule has 0 saturated heterocycles. The summed E-state index contributed by atoms with van der Waals surface area (Å²) in [6.45, 7) is 3.95. The van der Waals surface area contributed by atoms with Crippen LogP contribution in [0.15, 0.2) is 113 Å². The van der Waals surface area contributed by atoms with E-state index in [1.807, 2.05) is 92.7 Å². The quantitative estimate of drug-likeness (QED) is 0.177. The molecule has 0 aliphatic carbocycles. The van der Waals surface area contributed by atoms with Gasteiger partial charge in [-0.15, -0.1) is 0 Å². The van der Waals surface area contributed by atoms with Crippen molar-refractivity contribution in [1.82, 2.24) is 0 Å². The molecule has 0 aliphatic rings. The Kier molecular flexibility index (Phi) is 7.24. The fourth-order valence-electron chi connectivity index (χ4n) is 4.03. The first kappa shape index (κ1) is 24.1. The summed E-state index contributed by atoms with van der Waals surface area (Å²) in [6, 6.07) is 31.5. The lowest BCUT2D eigenvalue weighted by molar-refractivity contribution is -0.385. The molecule has 0 fully saturated rings. The van der Waals surface area contributed by atoms with E-state index >= 15 is 0 Å². The van der Waals surface area contributed by atoms with Crippen molar-refractivity contribution in [3.8, 4) is 11.8 Å². The SMILES string of the molecule is Cc1ccc(S(=O)c2ccccc2[C@](C)(C#Cc2ccccc2)Cc2ccccc2[N+](=O)[O-])cc1. The minimum atomic E-state index is -1.43. The van der Waals surface area contributed by atoms with Crippen molar-refractivity contribution in [1.29, 1.82) is 0 Å². The lowest BCUT2D eigenvalue weighted by atomic mass is 9.77. The van der Waals surface area contributed by atoms with E-state index in [-0.39, 0.29) is 10.6 Å². The van der Waals surface area contributed by atoms with E-state index in [9.17, 15) is 14.3 Å². The van der Waals surface area contributed by atoms with Gasteiger partial charge in [-0.3, -0.25) is 10.1 Å². The lowest BCUT2D eigenvalue weighted by Gasteiger charge is -2.27. The Balaban J connectivity index is 1.87. The van der Waals surface area contributed by atoms with Crippen LogP contribution < -0.4 is 0 Å². The van der Waals surface area contributed by atoms with E-state index in [1.54, 1.807) is 18.2 Å². The summed E-state index contributed by atoms with van der Waals surface area (Å²) in [6.07, 6.45) is 0.298. The Labute approximate surface area is 208 Å². The Morgan fingerprint density at radius 1 is 0.857 bits per heavy atom. The maximum Gasteiger partial charge on any atom is 0.272 e. The van der Waals surface area contributed by atoms with Crippen molar-refractivity contribution in [2.24, 2.45) is 0 Å². The molecule has 0 aromatic heterocycles. The van der Waals surface area contributed by atoms with Crippen LogP contribution in [0.3, 0.4) is 0 Å². The molecular formula is C30H25NO3S. The van der Waals surface area contributed by atoms with Gasteiger partial charge < -0.3 is 0 Å². The predicted octanol–water partition coefficient (Wildman–Crippen LogP) is 6.62. The summed E-state index contributed by atoms with van der Waals surface area (Å²) in [5.41, 5.74) is 2.53. The van der Waals surface area contributed by atoms with Crippen LogP contribution in [0.25, 0.3) is 0 Å². The monoisotopic (exact) mass is 479 g/mol. The molecule has 4 rings (SSSR count). The number of hydrogen-bond donors (Lipinski definition) is 0. The third kappa shape index (κ3) is 5.56. The zero-order chi connectivity index (χ0) is 24.8. The van der Waals surface area contributed by atoms with Crippen LogP contribution >= 0.6 is 0 Å². The van der Waals surface area contributed by atoms with Crippen LogP contribution in [-0.4, -0.2) is 9.13 Å². The average Bonchev–Trinajstić information content (AvgIpc) is 2.88.